The second-order valence-electron chi connectivity index (χ2n) is 3.42. The van der Waals surface area contributed by atoms with Gasteiger partial charge in [0.15, 0.2) is 0 Å². The van der Waals surface area contributed by atoms with Gasteiger partial charge in [-0.25, -0.2) is 14.8 Å². The summed E-state index contributed by atoms with van der Waals surface area (Å²) in [5.74, 6) is 0. The smallest absolute Gasteiger partial charge is 0.243 e. The Hall–Kier alpha value is -2.00. The van der Waals surface area contributed by atoms with Gasteiger partial charge in [-0.05, 0) is 30.3 Å². The molecule has 0 aliphatic carbocycles. The summed E-state index contributed by atoms with van der Waals surface area (Å²) in [7, 11) is 0. The van der Waals surface area contributed by atoms with E-state index in [-0.39, 0.29) is 0 Å². The molecule has 2 aromatic rings. The van der Waals surface area contributed by atoms with Crippen molar-refractivity contribution >= 4 is 29.1 Å². The van der Waals surface area contributed by atoms with E-state index in [1.54, 1.807) is 48.5 Å². The third kappa shape index (κ3) is 2.57. The molecular weight excluding hydrogens is 238 g/mol. The molecule has 0 aromatic heterocycles. The van der Waals surface area contributed by atoms with Crippen molar-refractivity contribution in [3.63, 3.8) is 0 Å². The summed E-state index contributed by atoms with van der Waals surface area (Å²) in [5, 5.41) is 11.7. The van der Waals surface area contributed by atoms with Crippen molar-refractivity contribution in [2.45, 2.75) is 0 Å². The van der Waals surface area contributed by atoms with Gasteiger partial charge in [0.25, 0.3) is 0 Å². The average molecular weight is 247 g/mol. The number of rotatable bonds is 2. The van der Waals surface area contributed by atoms with Gasteiger partial charge in [0.05, 0.1) is 11.4 Å². The van der Waals surface area contributed by atoms with Crippen LogP contribution >= 0.6 is 11.6 Å². The van der Waals surface area contributed by atoms with Crippen molar-refractivity contribution in [1.82, 2.24) is 0 Å². The molecule has 2 rings (SSSR count). The van der Waals surface area contributed by atoms with Crippen LogP contribution in [0.5, 0.6) is 0 Å². The lowest BCUT2D eigenvalue weighted by atomic mass is 10.2. The van der Waals surface area contributed by atoms with E-state index in [0.717, 1.165) is 4.90 Å². The molecule has 1 amide bonds. The summed E-state index contributed by atoms with van der Waals surface area (Å²) < 4.78 is 0. The molecule has 0 saturated carbocycles. The van der Waals surface area contributed by atoms with Crippen LogP contribution in [0.25, 0.3) is 0 Å². The second-order valence-corrected chi connectivity index (χ2v) is 3.85. The van der Waals surface area contributed by atoms with Crippen LogP contribution < -0.4 is 4.90 Å². The molecule has 0 atom stereocenters. The molecule has 0 aliphatic heterocycles. The first-order valence-corrected chi connectivity index (χ1v) is 5.38. The molecule has 3 nitrogen and oxygen atoms in total. The number of hydrogen-bond acceptors (Lipinski definition) is 1. The van der Waals surface area contributed by atoms with E-state index in [1.165, 1.54) is 0 Å². The Balaban J connectivity index is 2.47. The summed E-state index contributed by atoms with van der Waals surface area (Å²) >= 11 is 5.84. The van der Waals surface area contributed by atoms with Gasteiger partial charge in [-0.3, -0.25) is 0 Å². The normalized spacial score (nSPS) is 9.94. The summed E-state index contributed by atoms with van der Waals surface area (Å²) in [4.78, 5) is 12.3. The van der Waals surface area contributed by atoms with E-state index in [2.05, 4.69) is 0 Å². The lowest BCUT2D eigenvalue weighted by molar-refractivity contribution is 0.179. The van der Waals surface area contributed by atoms with Crippen LogP contribution in [-0.2, 0) is 5.11 Å². The molecule has 4 heteroatoms. The number of halogens is 1. The number of nitrogens with zero attached hydrogens (tertiary/aromatic N) is 1. The predicted molar refractivity (Wildman–Crippen MR) is 66.1 cm³/mol. The number of benzene rings is 2. The Morgan fingerprint density at radius 3 is 2.18 bits per heavy atom. The number of anilines is 2. The van der Waals surface area contributed by atoms with Gasteiger partial charge in [-0.1, -0.05) is 35.9 Å². The third-order valence-electron chi connectivity index (χ3n) is 2.26. The first-order valence-electron chi connectivity index (χ1n) is 5.00. The standard InChI is InChI=1S/C13H9ClNO2/c14-10-5-4-8-12(9-10)15(13(16)17)11-6-2-1-3-7-11/h1-9H. The maximum atomic E-state index is 11.2. The third-order valence-corrected chi connectivity index (χ3v) is 2.50. The van der Waals surface area contributed by atoms with Crippen molar-refractivity contribution in [3.05, 3.63) is 59.6 Å². The monoisotopic (exact) mass is 246 g/mol. The zero-order valence-electron chi connectivity index (χ0n) is 8.84. The number of carbonyl (C=O) groups is 1. The summed E-state index contributed by atoms with van der Waals surface area (Å²) in [6.07, 6.45) is -1.29. The van der Waals surface area contributed by atoms with Crippen LogP contribution in [0, 0.1) is 0 Å². The van der Waals surface area contributed by atoms with Crippen molar-refractivity contribution in [2.24, 2.45) is 0 Å². The zero-order valence-corrected chi connectivity index (χ0v) is 9.59. The van der Waals surface area contributed by atoms with E-state index < -0.39 is 6.09 Å². The largest absolute Gasteiger partial charge is 0.462 e. The molecular formula is C13H9ClNO2. The molecule has 0 bridgehead atoms. The molecule has 17 heavy (non-hydrogen) atoms. The summed E-state index contributed by atoms with van der Waals surface area (Å²) in [5.41, 5.74) is 0.985. The van der Waals surface area contributed by atoms with Crippen LogP contribution in [0.2, 0.25) is 5.02 Å². The van der Waals surface area contributed by atoms with Gasteiger partial charge in [0.2, 0.25) is 0 Å². The van der Waals surface area contributed by atoms with Gasteiger partial charge in [0.1, 0.15) is 0 Å². The molecule has 2 aromatic carbocycles. The van der Waals surface area contributed by atoms with Crippen LogP contribution in [0.1, 0.15) is 0 Å². The number of carbonyl (C=O) groups excluding carboxylic acids is 1. The van der Waals surface area contributed by atoms with Crippen molar-refractivity contribution in [3.8, 4) is 0 Å². The Morgan fingerprint density at radius 2 is 1.59 bits per heavy atom. The maximum Gasteiger partial charge on any atom is 0.462 e. The van der Waals surface area contributed by atoms with Crippen molar-refractivity contribution in [1.29, 1.82) is 0 Å². The van der Waals surface area contributed by atoms with E-state index in [9.17, 15) is 9.90 Å². The maximum absolute atomic E-state index is 11.2. The molecule has 0 saturated heterocycles. The highest BCUT2D eigenvalue weighted by Gasteiger charge is 2.18. The van der Waals surface area contributed by atoms with Crippen molar-refractivity contribution < 1.29 is 9.90 Å². The highest BCUT2D eigenvalue weighted by Crippen LogP contribution is 2.27. The van der Waals surface area contributed by atoms with E-state index in [4.69, 9.17) is 11.6 Å². The topological polar surface area (TPSA) is 40.2 Å². The average Bonchev–Trinajstić information content (AvgIpc) is 2.30. The number of amides is 1. The van der Waals surface area contributed by atoms with Gasteiger partial charge >= 0.3 is 6.09 Å². The van der Waals surface area contributed by atoms with Gasteiger partial charge < -0.3 is 0 Å². The van der Waals surface area contributed by atoms with Gasteiger partial charge in [-0.2, -0.15) is 0 Å². The summed E-state index contributed by atoms with van der Waals surface area (Å²) in [6.45, 7) is 0. The first kappa shape index (κ1) is 11.5. The van der Waals surface area contributed by atoms with Crippen molar-refractivity contribution in [2.75, 3.05) is 4.90 Å². The fraction of sp³-hybridized carbons (Fsp3) is 0. The highest BCUT2D eigenvalue weighted by atomic mass is 35.5. The second kappa shape index (κ2) is 4.89. The van der Waals surface area contributed by atoms with Crippen LogP contribution in [-0.4, -0.2) is 6.09 Å². The van der Waals surface area contributed by atoms with E-state index in [1.807, 2.05) is 6.07 Å². The Labute approximate surface area is 104 Å². The molecule has 0 spiro atoms. The lowest BCUT2D eigenvalue weighted by Gasteiger charge is -2.18. The predicted octanol–water partition coefficient (Wildman–Crippen LogP) is 4.03. The zero-order chi connectivity index (χ0) is 12.3. The first-order chi connectivity index (χ1) is 8.18. The Kier molecular flexibility index (Phi) is 3.30. The summed E-state index contributed by atoms with van der Waals surface area (Å²) in [6, 6.07) is 15.3. The molecule has 1 radical (unpaired) electrons. The van der Waals surface area contributed by atoms with E-state index >= 15 is 0 Å². The molecule has 0 fully saturated rings. The van der Waals surface area contributed by atoms with Gasteiger partial charge in [0, 0.05) is 5.02 Å². The molecule has 85 valence electrons. The minimum Gasteiger partial charge on any atom is -0.243 e. The van der Waals surface area contributed by atoms with Crippen LogP contribution in [0.4, 0.5) is 16.2 Å². The Bertz CT molecular complexity index is 528. The van der Waals surface area contributed by atoms with E-state index in [0.29, 0.717) is 16.4 Å². The number of hydrogen-bond donors (Lipinski definition) is 0. The minimum absolute atomic E-state index is 0.462. The lowest BCUT2D eigenvalue weighted by Crippen LogP contribution is -2.22. The molecule has 0 unspecified atom stereocenters. The fourth-order valence-electron chi connectivity index (χ4n) is 1.55. The van der Waals surface area contributed by atoms with Crippen LogP contribution in [0.3, 0.4) is 0 Å². The quantitative estimate of drug-likeness (QED) is 0.789. The molecule has 0 aliphatic rings. The molecule has 0 N–H and O–H groups in total. The van der Waals surface area contributed by atoms with Crippen LogP contribution in [0.15, 0.2) is 54.6 Å². The minimum atomic E-state index is -1.29. The number of para-hydroxylation sites is 1. The van der Waals surface area contributed by atoms with Gasteiger partial charge in [-0.15, -0.1) is 0 Å². The fourth-order valence-corrected chi connectivity index (χ4v) is 1.74. The molecule has 0 heterocycles. The SMILES string of the molecule is [O]C(=O)N(c1ccccc1)c1cccc(Cl)c1. The Morgan fingerprint density at radius 1 is 0.941 bits per heavy atom. The highest BCUT2D eigenvalue weighted by molar-refractivity contribution is 6.31.